The third kappa shape index (κ3) is 4.60. The molecule has 43 heavy (non-hydrogen) atoms. The Morgan fingerprint density at radius 2 is 1.95 bits per heavy atom. The summed E-state index contributed by atoms with van der Waals surface area (Å²) < 4.78 is 14.0. The lowest BCUT2D eigenvalue weighted by Gasteiger charge is -2.56. The highest BCUT2D eigenvalue weighted by molar-refractivity contribution is 6.02. The van der Waals surface area contributed by atoms with Crippen LogP contribution in [0.3, 0.4) is 0 Å². The Balaban J connectivity index is 1.71. The van der Waals surface area contributed by atoms with Crippen LogP contribution >= 0.6 is 0 Å². The van der Waals surface area contributed by atoms with Crippen LogP contribution in [0.1, 0.15) is 83.5 Å². The number of ether oxygens (including phenoxy) is 2. The second-order valence-corrected chi connectivity index (χ2v) is 12.9. The van der Waals surface area contributed by atoms with Gasteiger partial charge in [0.2, 0.25) is 5.91 Å². The minimum atomic E-state index is -2.29. The van der Waals surface area contributed by atoms with Gasteiger partial charge in [-0.05, 0) is 71.2 Å². The van der Waals surface area contributed by atoms with Crippen LogP contribution in [0.15, 0.2) is 41.5 Å². The maximum atomic E-state index is 14.4. The number of amides is 2. The van der Waals surface area contributed by atoms with Gasteiger partial charge in [-0.3, -0.25) is 14.5 Å². The van der Waals surface area contributed by atoms with Crippen LogP contribution in [0.25, 0.3) is 10.9 Å². The van der Waals surface area contributed by atoms with Gasteiger partial charge in [-0.25, -0.2) is 9.78 Å². The second kappa shape index (κ2) is 10.7. The quantitative estimate of drug-likeness (QED) is 0.382. The summed E-state index contributed by atoms with van der Waals surface area (Å²) >= 11 is 0. The van der Waals surface area contributed by atoms with E-state index in [1.54, 1.807) is 20.1 Å². The van der Waals surface area contributed by atoms with Gasteiger partial charge in [0.15, 0.2) is 6.23 Å². The Labute approximate surface area is 251 Å². The largest absolute Gasteiger partial charge is 0.497 e. The number of methoxy groups -OCH3 is 1. The average molecular weight is 596 g/mol. The van der Waals surface area contributed by atoms with Crippen molar-refractivity contribution < 1.29 is 39.1 Å². The summed E-state index contributed by atoms with van der Waals surface area (Å²) in [6, 6.07) is 4.15. The molecule has 232 valence electrons. The lowest BCUT2D eigenvalue weighted by atomic mass is 9.79. The molecule has 2 aromatic rings. The first-order chi connectivity index (χ1) is 20.4. The molecule has 1 aromatic heterocycles. The zero-order chi connectivity index (χ0) is 30.8. The first-order valence-corrected chi connectivity index (χ1v) is 14.9. The Hall–Kier alpha value is -3.22. The smallest absolute Gasteiger partial charge is 0.279 e. The van der Waals surface area contributed by atoms with Crippen molar-refractivity contribution in [1.82, 2.24) is 14.4 Å². The zero-order valence-corrected chi connectivity index (χ0v) is 25.6. The molecule has 6 rings (SSSR count). The van der Waals surface area contributed by atoms with Gasteiger partial charge in [0.05, 0.1) is 37.6 Å². The standard InChI is InChI=1S/C32H41N3O8/c1-18(2)11-13-41-28-26-21-10-9-20(40-6)15-23(21)34-25(14-19(3)17-36)42-43-31(4,5)16-24(27(26)34)35-29(37)22-8-7-12-33(22)30(38)32(28,35)39/h9-11,14-15,22,24-25,28,36,39H,7-8,12-13,16-17H2,1-6H3/t22-,24-,25+,28-,32+/m0/s1. The average Bonchev–Trinajstić information content (AvgIpc) is 3.58. The molecular weight excluding hydrogens is 554 g/mol. The summed E-state index contributed by atoms with van der Waals surface area (Å²) in [5.41, 5.74) is 0.442. The molecule has 2 N–H and O–H groups in total. The normalized spacial score (nSPS) is 30.0. The van der Waals surface area contributed by atoms with Gasteiger partial charge in [-0.1, -0.05) is 11.6 Å². The van der Waals surface area contributed by atoms with E-state index >= 15 is 0 Å². The number of aliphatic hydroxyl groups is 2. The van der Waals surface area contributed by atoms with Crippen molar-refractivity contribution in [2.45, 2.75) is 89.6 Å². The topological polar surface area (TPSA) is 123 Å². The highest BCUT2D eigenvalue weighted by Crippen LogP contribution is 2.56. The van der Waals surface area contributed by atoms with Gasteiger partial charge in [0.1, 0.15) is 23.5 Å². The SMILES string of the molecule is COc1ccc2c3c4n(c2c1)[C@@H](C=C(C)CO)OOC(C)(C)C[C@@H]4N1C(=O)[C@@H]2CCCN2C(=O)[C@]1(O)[C@H]3OCC=C(C)C. The number of carbonyl (C=O) groups is 2. The number of benzene rings is 1. The summed E-state index contributed by atoms with van der Waals surface area (Å²) in [6.07, 6.45) is 3.04. The van der Waals surface area contributed by atoms with Crippen LogP contribution in [-0.2, 0) is 24.1 Å². The van der Waals surface area contributed by atoms with Gasteiger partial charge in [-0.15, -0.1) is 0 Å². The maximum Gasteiger partial charge on any atom is 0.279 e. The zero-order valence-electron chi connectivity index (χ0n) is 25.6. The first-order valence-electron chi connectivity index (χ1n) is 14.9. The van der Waals surface area contributed by atoms with Crippen molar-refractivity contribution in [1.29, 1.82) is 0 Å². The minimum Gasteiger partial charge on any atom is -0.497 e. The van der Waals surface area contributed by atoms with Gasteiger partial charge in [0.25, 0.3) is 11.6 Å². The van der Waals surface area contributed by atoms with Crippen LogP contribution in [0.4, 0.5) is 0 Å². The van der Waals surface area contributed by atoms with Crippen molar-refractivity contribution in [3.8, 4) is 5.75 Å². The number of allylic oxidation sites excluding steroid dienone is 1. The monoisotopic (exact) mass is 595 g/mol. The van der Waals surface area contributed by atoms with Gasteiger partial charge in [-0.2, -0.15) is 0 Å². The lowest BCUT2D eigenvalue weighted by molar-refractivity contribution is -0.391. The Bertz CT molecular complexity index is 1520. The molecule has 11 heteroatoms. The van der Waals surface area contributed by atoms with Gasteiger partial charge >= 0.3 is 0 Å². The van der Waals surface area contributed by atoms with Crippen molar-refractivity contribution in [3.63, 3.8) is 0 Å². The molecule has 4 aliphatic heterocycles. The minimum absolute atomic E-state index is 0.124. The van der Waals surface area contributed by atoms with Crippen molar-refractivity contribution in [3.05, 3.63) is 52.8 Å². The van der Waals surface area contributed by atoms with E-state index in [0.29, 0.717) is 47.5 Å². The van der Waals surface area contributed by atoms with E-state index in [-0.39, 0.29) is 25.5 Å². The summed E-state index contributed by atoms with van der Waals surface area (Å²) in [4.78, 5) is 43.8. The summed E-state index contributed by atoms with van der Waals surface area (Å²) in [6.45, 7) is 9.71. The fourth-order valence-corrected chi connectivity index (χ4v) is 7.03. The Morgan fingerprint density at radius 3 is 2.65 bits per heavy atom. The van der Waals surface area contributed by atoms with E-state index in [1.165, 1.54) is 9.80 Å². The van der Waals surface area contributed by atoms with Crippen molar-refractivity contribution >= 4 is 22.7 Å². The third-order valence-electron chi connectivity index (χ3n) is 9.01. The Morgan fingerprint density at radius 1 is 1.19 bits per heavy atom. The van der Waals surface area contributed by atoms with E-state index < -0.39 is 41.6 Å². The fourth-order valence-electron chi connectivity index (χ4n) is 7.03. The molecule has 0 saturated carbocycles. The first kappa shape index (κ1) is 29.8. The summed E-state index contributed by atoms with van der Waals surface area (Å²) in [5.74, 6) is -0.246. The molecule has 0 radical (unpaired) electrons. The molecule has 0 spiro atoms. The van der Waals surface area contributed by atoms with Gasteiger partial charge < -0.3 is 29.2 Å². The lowest BCUT2D eigenvalue weighted by Crippen LogP contribution is -2.74. The molecule has 0 bridgehead atoms. The van der Waals surface area contributed by atoms with Crippen LogP contribution < -0.4 is 4.74 Å². The number of rotatable bonds is 6. The Kier molecular flexibility index (Phi) is 7.45. The predicted molar refractivity (Wildman–Crippen MR) is 157 cm³/mol. The molecule has 2 amide bonds. The van der Waals surface area contributed by atoms with Crippen molar-refractivity contribution in [2.75, 3.05) is 26.9 Å². The van der Waals surface area contributed by atoms with E-state index in [1.807, 2.05) is 56.5 Å². The molecule has 2 fully saturated rings. The third-order valence-corrected chi connectivity index (χ3v) is 9.01. The van der Waals surface area contributed by atoms with E-state index in [9.17, 15) is 19.8 Å². The summed E-state index contributed by atoms with van der Waals surface area (Å²) in [5, 5.41) is 23.4. The maximum absolute atomic E-state index is 14.4. The molecule has 5 atom stereocenters. The second-order valence-electron chi connectivity index (χ2n) is 12.9. The molecule has 11 nitrogen and oxygen atoms in total. The van der Waals surface area contributed by atoms with Crippen LogP contribution in [0.2, 0.25) is 0 Å². The number of hydrogen-bond donors (Lipinski definition) is 2. The molecular formula is C32H41N3O8. The number of carbonyl (C=O) groups excluding carboxylic acids is 2. The van der Waals surface area contributed by atoms with E-state index in [4.69, 9.17) is 19.2 Å². The number of piperazine rings is 1. The van der Waals surface area contributed by atoms with E-state index in [0.717, 1.165) is 11.0 Å². The predicted octanol–water partition coefficient (Wildman–Crippen LogP) is 3.82. The molecule has 0 aliphatic carbocycles. The molecule has 5 heterocycles. The highest BCUT2D eigenvalue weighted by atomic mass is 17.2. The van der Waals surface area contributed by atoms with Gasteiger partial charge in [0, 0.05) is 30.0 Å². The molecule has 1 aromatic carbocycles. The molecule has 2 saturated heterocycles. The van der Waals surface area contributed by atoms with E-state index in [2.05, 4.69) is 0 Å². The molecule has 4 aliphatic rings. The van der Waals surface area contributed by atoms with Crippen molar-refractivity contribution in [2.24, 2.45) is 0 Å². The molecule has 0 unspecified atom stereocenters. The fraction of sp³-hybridized carbons (Fsp3) is 0.562. The number of nitrogens with zero attached hydrogens (tertiary/aromatic N) is 3. The summed E-state index contributed by atoms with van der Waals surface area (Å²) in [7, 11) is 1.58. The van der Waals surface area contributed by atoms with Crippen LogP contribution in [0.5, 0.6) is 5.75 Å². The number of aromatic nitrogens is 1. The number of aliphatic hydroxyl groups excluding tert-OH is 1. The number of hydrogen-bond acceptors (Lipinski definition) is 8. The number of fused-ring (bicyclic) bond motifs is 6. The highest BCUT2D eigenvalue weighted by Gasteiger charge is 2.67. The van der Waals surface area contributed by atoms with Crippen LogP contribution in [-0.4, -0.2) is 80.6 Å². The van der Waals surface area contributed by atoms with Crippen LogP contribution in [0, 0.1) is 0 Å².